The molecule has 1 aromatic heterocycles. The maximum absolute atomic E-state index is 12.7. The average molecular weight is 328 g/mol. The molecule has 1 fully saturated rings. The smallest absolute Gasteiger partial charge is 0.273 e. The van der Waals surface area contributed by atoms with Gasteiger partial charge in [0.15, 0.2) is 0 Å². The van der Waals surface area contributed by atoms with Gasteiger partial charge in [0.2, 0.25) is 10.7 Å². The van der Waals surface area contributed by atoms with Crippen molar-refractivity contribution in [2.24, 2.45) is 5.92 Å². The summed E-state index contributed by atoms with van der Waals surface area (Å²) in [5.41, 5.74) is 2.37. The summed E-state index contributed by atoms with van der Waals surface area (Å²) in [7, 11) is 0. The largest absolute Gasteiger partial charge is 0.416 e. The van der Waals surface area contributed by atoms with Crippen LogP contribution in [0.1, 0.15) is 23.5 Å². The van der Waals surface area contributed by atoms with Gasteiger partial charge in [0.25, 0.3) is 0 Å². The topological polar surface area (TPSA) is 62.7 Å². The van der Waals surface area contributed by atoms with Gasteiger partial charge < -0.3 is 0 Å². The van der Waals surface area contributed by atoms with E-state index >= 15 is 0 Å². The number of benzene rings is 1. The number of hydrogen-bond donors (Lipinski definition) is 2. The molecule has 1 heterocycles. The van der Waals surface area contributed by atoms with Crippen molar-refractivity contribution in [2.75, 3.05) is 5.43 Å². The second-order valence-corrected chi connectivity index (χ2v) is 5.47. The van der Waals surface area contributed by atoms with E-state index in [0.717, 1.165) is 12.1 Å². The summed E-state index contributed by atoms with van der Waals surface area (Å²) in [6, 6.07) is 5.08. The summed E-state index contributed by atoms with van der Waals surface area (Å²) in [6.45, 7) is 0. The second kappa shape index (κ2) is 5.24. The number of nitrogens with zero attached hydrogens (tertiary/aromatic N) is 2. The number of halogens is 3. The lowest BCUT2D eigenvalue weighted by molar-refractivity contribution is -0.137. The molecular formula is C13H11F3N4OS. The van der Waals surface area contributed by atoms with Crippen LogP contribution in [-0.2, 0) is 11.0 Å². The van der Waals surface area contributed by atoms with E-state index in [0.29, 0.717) is 12.0 Å². The monoisotopic (exact) mass is 328 g/mol. The van der Waals surface area contributed by atoms with Crippen LogP contribution < -0.4 is 5.43 Å². The van der Waals surface area contributed by atoms with E-state index in [9.17, 15) is 18.0 Å². The summed E-state index contributed by atoms with van der Waals surface area (Å²) in [5, 5.41) is 6.15. The molecular weight excluding hydrogens is 317 g/mol. The van der Waals surface area contributed by atoms with Gasteiger partial charge >= 0.3 is 6.18 Å². The summed E-state index contributed by atoms with van der Waals surface area (Å²) in [4.78, 5) is 12.0. The molecule has 0 unspecified atom stereocenters. The predicted octanol–water partition coefficient (Wildman–Crippen LogP) is 2.83. The van der Waals surface area contributed by atoms with E-state index < -0.39 is 11.7 Å². The molecule has 3 rings (SSSR count). The second-order valence-electron chi connectivity index (χ2n) is 5.08. The van der Waals surface area contributed by atoms with Crippen LogP contribution in [0.15, 0.2) is 30.6 Å². The molecule has 2 atom stereocenters. The Balaban J connectivity index is 1.71. The maximum atomic E-state index is 12.7. The summed E-state index contributed by atoms with van der Waals surface area (Å²) >= 11 is 4.90. The van der Waals surface area contributed by atoms with Crippen molar-refractivity contribution >= 4 is 18.1 Å². The Hall–Kier alpha value is -2.16. The number of H-pyrrole nitrogens is 1. The Morgan fingerprint density at radius 2 is 2.23 bits per heavy atom. The highest BCUT2D eigenvalue weighted by Gasteiger charge is 2.45. The number of nitrogens with one attached hydrogen (secondary N) is 2. The van der Waals surface area contributed by atoms with E-state index in [4.69, 9.17) is 12.2 Å². The number of hydrogen-bond acceptors (Lipinski definition) is 3. The quantitative estimate of drug-likeness (QED) is 0.852. The van der Waals surface area contributed by atoms with Crippen molar-refractivity contribution in [2.45, 2.75) is 18.5 Å². The van der Waals surface area contributed by atoms with Gasteiger partial charge in [0.05, 0.1) is 5.56 Å². The van der Waals surface area contributed by atoms with Crippen LogP contribution in [0, 0.1) is 10.7 Å². The molecule has 1 aliphatic rings. The van der Waals surface area contributed by atoms with Crippen molar-refractivity contribution in [3.8, 4) is 0 Å². The third kappa shape index (κ3) is 2.89. The van der Waals surface area contributed by atoms with Gasteiger partial charge in [-0.3, -0.25) is 15.3 Å². The lowest BCUT2D eigenvalue weighted by Gasteiger charge is -2.08. The summed E-state index contributed by atoms with van der Waals surface area (Å²) in [5.74, 6) is -0.858. The molecule has 0 aliphatic heterocycles. The molecule has 9 heteroatoms. The minimum Gasteiger partial charge on any atom is -0.273 e. The average Bonchev–Trinajstić information content (AvgIpc) is 3.17. The summed E-state index contributed by atoms with van der Waals surface area (Å²) < 4.78 is 39.6. The first-order chi connectivity index (χ1) is 10.4. The molecule has 2 aromatic rings. The highest BCUT2D eigenvalue weighted by molar-refractivity contribution is 7.71. The van der Waals surface area contributed by atoms with Crippen LogP contribution in [-0.4, -0.2) is 20.8 Å². The van der Waals surface area contributed by atoms with E-state index in [-0.39, 0.29) is 22.5 Å². The Bertz CT molecular complexity index is 767. The Kier molecular flexibility index (Phi) is 3.51. The van der Waals surface area contributed by atoms with Gasteiger partial charge in [-0.05, 0) is 36.2 Å². The van der Waals surface area contributed by atoms with Gasteiger partial charge in [-0.25, -0.2) is 4.68 Å². The number of aromatic amines is 1. The van der Waals surface area contributed by atoms with E-state index in [1.54, 1.807) is 6.07 Å². The number of carbonyl (C=O) groups excluding carboxylic acids is 1. The third-order valence-electron chi connectivity index (χ3n) is 3.55. The first kappa shape index (κ1) is 14.8. The predicted molar refractivity (Wildman–Crippen MR) is 74.1 cm³/mol. The van der Waals surface area contributed by atoms with Crippen LogP contribution in [0.4, 0.5) is 13.2 Å². The lowest BCUT2D eigenvalue weighted by atomic mass is 10.1. The fourth-order valence-corrected chi connectivity index (χ4v) is 2.47. The normalized spacial score (nSPS) is 20.7. The van der Waals surface area contributed by atoms with Crippen molar-refractivity contribution in [3.63, 3.8) is 0 Å². The van der Waals surface area contributed by atoms with Crippen molar-refractivity contribution in [3.05, 3.63) is 46.5 Å². The number of carbonyl (C=O) groups is 1. The molecule has 0 bridgehead atoms. The fraction of sp³-hybridized carbons (Fsp3) is 0.308. The molecule has 5 nitrogen and oxygen atoms in total. The molecule has 0 saturated heterocycles. The van der Waals surface area contributed by atoms with Gasteiger partial charge in [0.1, 0.15) is 6.33 Å². The molecule has 2 N–H and O–H groups in total. The van der Waals surface area contributed by atoms with Crippen LogP contribution in [0.2, 0.25) is 0 Å². The zero-order valence-electron chi connectivity index (χ0n) is 11.1. The number of rotatable bonds is 3. The molecule has 22 heavy (non-hydrogen) atoms. The molecule has 1 aromatic carbocycles. The van der Waals surface area contributed by atoms with Crippen LogP contribution >= 0.6 is 12.2 Å². The van der Waals surface area contributed by atoms with Crippen molar-refractivity contribution in [1.29, 1.82) is 0 Å². The zero-order chi connectivity index (χ0) is 15.9. The van der Waals surface area contributed by atoms with E-state index in [2.05, 4.69) is 15.6 Å². The fourth-order valence-electron chi connectivity index (χ4n) is 2.33. The van der Waals surface area contributed by atoms with Crippen LogP contribution in [0.5, 0.6) is 0 Å². The minimum absolute atomic E-state index is 0.205. The van der Waals surface area contributed by atoms with Gasteiger partial charge in [-0.1, -0.05) is 18.2 Å². The highest BCUT2D eigenvalue weighted by Crippen LogP contribution is 2.48. The van der Waals surface area contributed by atoms with Crippen LogP contribution in [0.3, 0.4) is 0 Å². The highest BCUT2D eigenvalue weighted by atomic mass is 32.1. The third-order valence-corrected chi connectivity index (χ3v) is 3.84. The lowest BCUT2D eigenvalue weighted by Crippen LogP contribution is -2.24. The Labute approximate surface area is 128 Å². The molecule has 0 radical (unpaired) electrons. The van der Waals surface area contributed by atoms with Crippen molar-refractivity contribution < 1.29 is 18.0 Å². The number of alkyl halides is 3. The first-order valence-electron chi connectivity index (χ1n) is 6.46. The van der Waals surface area contributed by atoms with Gasteiger partial charge in [-0.15, -0.1) is 0 Å². The molecule has 1 aliphatic carbocycles. The van der Waals surface area contributed by atoms with E-state index in [1.807, 2.05) is 0 Å². The molecule has 1 amide bonds. The van der Waals surface area contributed by atoms with E-state index in [1.165, 1.54) is 17.1 Å². The van der Waals surface area contributed by atoms with Crippen molar-refractivity contribution in [1.82, 2.24) is 14.9 Å². The molecule has 116 valence electrons. The number of aromatic nitrogens is 3. The van der Waals surface area contributed by atoms with Gasteiger partial charge in [-0.2, -0.15) is 18.3 Å². The zero-order valence-corrected chi connectivity index (χ0v) is 11.9. The number of amides is 1. The Morgan fingerprint density at radius 3 is 2.86 bits per heavy atom. The van der Waals surface area contributed by atoms with Crippen LogP contribution in [0.25, 0.3) is 0 Å². The van der Waals surface area contributed by atoms with Gasteiger partial charge in [0, 0.05) is 5.92 Å². The maximum Gasteiger partial charge on any atom is 0.416 e. The molecule has 1 saturated carbocycles. The Morgan fingerprint density at radius 1 is 1.45 bits per heavy atom. The first-order valence-corrected chi connectivity index (χ1v) is 6.87. The minimum atomic E-state index is -4.38. The summed E-state index contributed by atoms with van der Waals surface area (Å²) in [6.07, 6.45) is -2.55. The SMILES string of the molecule is O=C(Nn1cn[nH]c1=S)[C@H]1C[C@H]1c1cccc(C(F)(F)F)c1. The standard InChI is InChI=1S/C13H11F3N4OS/c14-13(15,16)8-3-1-2-7(4-8)9-5-10(9)11(21)19-20-6-17-18-12(20)22/h1-4,6,9-10H,5H2,(H,18,22)(H,19,21)/t9-,10-/m0/s1. The molecule has 0 spiro atoms.